The quantitative estimate of drug-likeness (QED) is 0.425. The highest BCUT2D eigenvalue weighted by molar-refractivity contribution is 6.35. The fourth-order valence-electron chi connectivity index (χ4n) is 3.61. The normalized spacial score (nSPS) is 12.3. The summed E-state index contributed by atoms with van der Waals surface area (Å²) < 4.78 is 1.48. The molecule has 0 aliphatic rings. The molecule has 0 aliphatic heterocycles. The van der Waals surface area contributed by atoms with Gasteiger partial charge in [-0.1, -0.05) is 17.7 Å². The van der Waals surface area contributed by atoms with E-state index in [1.54, 1.807) is 48.0 Å². The molecule has 1 atom stereocenters. The number of nitrogens with one attached hydrogen (secondary N) is 1. The Morgan fingerprint density at radius 2 is 1.97 bits per heavy atom. The minimum absolute atomic E-state index is 0.265. The van der Waals surface area contributed by atoms with Gasteiger partial charge in [-0.2, -0.15) is 4.98 Å². The van der Waals surface area contributed by atoms with Crippen LogP contribution in [0.3, 0.4) is 0 Å². The fraction of sp³-hybridized carbons (Fsp3) is 0.0952. The summed E-state index contributed by atoms with van der Waals surface area (Å²) in [5.74, 6) is 0.847. The van der Waals surface area contributed by atoms with Crippen molar-refractivity contribution in [1.29, 1.82) is 0 Å². The Balaban J connectivity index is 1.72. The Hall–Kier alpha value is -4.02. The maximum Gasteiger partial charge on any atom is 0.268 e. The molecule has 158 valence electrons. The second-order valence-corrected chi connectivity index (χ2v) is 7.51. The van der Waals surface area contributed by atoms with Crippen molar-refractivity contribution in [3.05, 3.63) is 86.9 Å². The van der Waals surface area contributed by atoms with E-state index in [0.717, 1.165) is 0 Å². The number of benzene rings is 1. The molecule has 4 heterocycles. The second kappa shape index (κ2) is 7.91. The summed E-state index contributed by atoms with van der Waals surface area (Å²) in [6, 6.07) is 8.23. The molecule has 5 rings (SSSR count). The van der Waals surface area contributed by atoms with Gasteiger partial charge in [0.15, 0.2) is 16.9 Å². The predicted octanol–water partition coefficient (Wildman–Crippen LogP) is 1.42. The average molecular weight is 448 g/mol. The molecule has 1 aromatic carbocycles. The topological polar surface area (TPSA) is 136 Å². The van der Waals surface area contributed by atoms with E-state index in [1.807, 2.05) is 6.92 Å². The molecule has 32 heavy (non-hydrogen) atoms. The number of H-pyrrole nitrogens is 1. The number of fused-ring (bicyclic) bond motifs is 2. The van der Waals surface area contributed by atoms with Gasteiger partial charge in [-0.3, -0.25) is 24.5 Å². The maximum atomic E-state index is 13.5. The largest absolute Gasteiger partial charge is 0.312 e. The van der Waals surface area contributed by atoms with Gasteiger partial charge in [0.1, 0.15) is 12.4 Å². The van der Waals surface area contributed by atoms with Crippen LogP contribution in [0.15, 0.2) is 65.0 Å². The molecule has 0 amide bonds. The van der Waals surface area contributed by atoms with Gasteiger partial charge in [-0.25, -0.2) is 15.0 Å². The first-order valence-electron chi connectivity index (χ1n) is 9.69. The maximum absolute atomic E-state index is 13.5. The predicted molar refractivity (Wildman–Crippen MR) is 118 cm³/mol. The zero-order valence-electron chi connectivity index (χ0n) is 16.7. The zero-order valence-corrected chi connectivity index (χ0v) is 17.5. The molecule has 5 aromatic rings. The third-order valence-electron chi connectivity index (χ3n) is 5.06. The van der Waals surface area contributed by atoms with E-state index in [4.69, 9.17) is 16.6 Å². The van der Waals surface area contributed by atoms with Crippen LogP contribution in [0.1, 0.15) is 18.8 Å². The van der Waals surface area contributed by atoms with Crippen molar-refractivity contribution in [2.75, 3.05) is 0 Å². The standard InChI is InChI=1S/C21H15ClN8O2/c1-11(28-18-16-17(24-9-26-18)25-10-27-20(16)31)19-29-14-6-2-5-13(22)15(14)21(32)30(19)12-4-3-7-23-8-12/h2-11H,1H3,(H2,24,25,26,27,28,31)/p+1. The molecule has 11 heteroatoms. The molecule has 1 unspecified atom stereocenters. The lowest BCUT2D eigenvalue weighted by molar-refractivity contribution is -0.617. The van der Waals surface area contributed by atoms with Crippen molar-refractivity contribution in [1.82, 2.24) is 34.5 Å². The average Bonchev–Trinajstić information content (AvgIpc) is 2.79. The number of nitrogens with two attached hydrogens (primary N) is 1. The molecule has 0 aliphatic carbocycles. The van der Waals surface area contributed by atoms with Crippen molar-refractivity contribution >= 4 is 39.4 Å². The Bertz CT molecular complexity index is 1580. The number of hydrogen-bond donors (Lipinski definition) is 2. The van der Waals surface area contributed by atoms with E-state index in [1.165, 1.54) is 17.2 Å². The number of aromatic amines is 1. The third-order valence-corrected chi connectivity index (χ3v) is 5.37. The van der Waals surface area contributed by atoms with E-state index < -0.39 is 6.04 Å². The number of nitrogens with zero attached hydrogens (tertiary/aromatic N) is 6. The molecule has 0 bridgehead atoms. The highest BCUT2D eigenvalue weighted by Crippen LogP contribution is 2.22. The molecule has 0 saturated heterocycles. The van der Waals surface area contributed by atoms with Gasteiger partial charge in [-0.05, 0) is 31.2 Å². The number of hydrogen-bond acceptors (Lipinski definition) is 7. The van der Waals surface area contributed by atoms with Crippen LogP contribution in [0.4, 0.5) is 5.82 Å². The molecular formula is C21H16ClN8O2+. The Morgan fingerprint density at radius 1 is 1.09 bits per heavy atom. The van der Waals surface area contributed by atoms with Crippen molar-refractivity contribution < 1.29 is 5.32 Å². The number of aromatic nitrogens is 7. The van der Waals surface area contributed by atoms with E-state index in [-0.39, 0.29) is 22.2 Å². The van der Waals surface area contributed by atoms with Crippen LogP contribution in [0.25, 0.3) is 27.6 Å². The first-order valence-corrected chi connectivity index (χ1v) is 10.1. The van der Waals surface area contributed by atoms with Gasteiger partial charge >= 0.3 is 0 Å². The summed E-state index contributed by atoms with van der Waals surface area (Å²) in [4.78, 5) is 49.7. The van der Waals surface area contributed by atoms with Crippen molar-refractivity contribution in [3.8, 4) is 5.69 Å². The molecule has 10 nitrogen and oxygen atoms in total. The second-order valence-electron chi connectivity index (χ2n) is 7.10. The summed E-state index contributed by atoms with van der Waals surface area (Å²) in [7, 11) is 0. The third kappa shape index (κ3) is 3.31. The summed E-state index contributed by atoms with van der Waals surface area (Å²) >= 11 is 6.33. The van der Waals surface area contributed by atoms with Gasteiger partial charge in [0.25, 0.3) is 11.1 Å². The van der Waals surface area contributed by atoms with Crippen molar-refractivity contribution in [3.63, 3.8) is 0 Å². The minimum atomic E-state index is -0.413. The lowest BCUT2D eigenvalue weighted by Gasteiger charge is -2.17. The highest BCUT2D eigenvalue weighted by Gasteiger charge is 2.24. The highest BCUT2D eigenvalue weighted by atomic mass is 35.5. The Kier molecular flexibility index (Phi) is 4.92. The van der Waals surface area contributed by atoms with Crippen LogP contribution in [0, 0.1) is 0 Å². The SMILES string of the molecule is CC([NH2+]c1ncnc2nc[nH]c(=O)c12)c1nc2cccc(Cl)c2c(=O)n1-c1cccnc1. The molecule has 4 aromatic heterocycles. The van der Waals surface area contributed by atoms with Gasteiger partial charge in [0.2, 0.25) is 5.82 Å². The first-order chi connectivity index (χ1) is 15.5. The first kappa shape index (κ1) is 19.9. The summed E-state index contributed by atoms with van der Waals surface area (Å²) in [5, 5.41) is 2.66. The van der Waals surface area contributed by atoms with Crippen LogP contribution in [-0.4, -0.2) is 34.5 Å². The van der Waals surface area contributed by atoms with Crippen LogP contribution in [-0.2, 0) is 0 Å². The Labute approximate surface area is 185 Å². The summed E-state index contributed by atoms with van der Waals surface area (Å²) in [5.41, 5.74) is 0.650. The van der Waals surface area contributed by atoms with E-state index in [9.17, 15) is 9.59 Å². The van der Waals surface area contributed by atoms with Gasteiger partial charge in [0, 0.05) is 6.20 Å². The summed E-state index contributed by atoms with van der Waals surface area (Å²) in [6.07, 6.45) is 5.84. The number of rotatable bonds is 4. The monoisotopic (exact) mass is 447 g/mol. The smallest absolute Gasteiger partial charge is 0.268 e. The van der Waals surface area contributed by atoms with Crippen LogP contribution in [0.2, 0.25) is 5.02 Å². The zero-order chi connectivity index (χ0) is 22.2. The molecular weight excluding hydrogens is 432 g/mol. The summed E-state index contributed by atoms with van der Waals surface area (Å²) in [6.45, 7) is 1.86. The van der Waals surface area contributed by atoms with Crippen molar-refractivity contribution in [2.24, 2.45) is 0 Å². The van der Waals surface area contributed by atoms with Gasteiger partial charge in [0.05, 0.1) is 34.1 Å². The van der Waals surface area contributed by atoms with E-state index >= 15 is 0 Å². The van der Waals surface area contributed by atoms with Gasteiger partial charge < -0.3 is 4.98 Å². The Morgan fingerprint density at radius 3 is 2.78 bits per heavy atom. The minimum Gasteiger partial charge on any atom is -0.312 e. The molecule has 0 spiro atoms. The lowest BCUT2D eigenvalue weighted by atomic mass is 10.2. The molecule has 0 saturated carbocycles. The number of pyridine rings is 1. The lowest BCUT2D eigenvalue weighted by Crippen LogP contribution is -2.79. The number of halogens is 1. The van der Waals surface area contributed by atoms with E-state index in [0.29, 0.717) is 33.3 Å². The molecule has 0 radical (unpaired) electrons. The fourth-order valence-corrected chi connectivity index (χ4v) is 3.87. The van der Waals surface area contributed by atoms with Crippen LogP contribution in [0.5, 0.6) is 0 Å². The van der Waals surface area contributed by atoms with Crippen molar-refractivity contribution in [2.45, 2.75) is 13.0 Å². The van der Waals surface area contributed by atoms with Crippen LogP contribution >= 0.6 is 11.6 Å². The van der Waals surface area contributed by atoms with E-state index in [2.05, 4.69) is 24.9 Å². The number of quaternary nitrogens is 1. The molecule has 3 N–H and O–H groups in total. The molecule has 0 fully saturated rings. The van der Waals surface area contributed by atoms with Crippen LogP contribution < -0.4 is 16.4 Å². The van der Waals surface area contributed by atoms with Gasteiger partial charge in [-0.15, -0.1) is 0 Å².